The van der Waals surface area contributed by atoms with Gasteiger partial charge < -0.3 is 10.2 Å². The molecule has 0 bridgehead atoms. The number of amides is 2. The van der Waals surface area contributed by atoms with Crippen molar-refractivity contribution in [2.24, 2.45) is 0 Å². The van der Waals surface area contributed by atoms with Crippen LogP contribution in [0.15, 0.2) is 30.3 Å². The van der Waals surface area contributed by atoms with Gasteiger partial charge in [-0.25, -0.2) is 13.2 Å². The molecule has 1 atom stereocenters. The lowest BCUT2D eigenvalue weighted by molar-refractivity contribution is 0.196. The van der Waals surface area contributed by atoms with E-state index < -0.39 is 15.1 Å². The Morgan fingerprint density at radius 2 is 1.95 bits per heavy atom. The van der Waals surface area contributed by atoms with E-state index in [-0.39, 0.29) is 30.9 Å². The summed E-state index contributed by atoms with van der Waals surface area (Å²) in [6, 6.07) is 8.92. The Labute approximate surface area is 119 Å². The van der Waals surface area contributed by atoms with Crippen LogP contribution in [0.1, 0.15) is 24.7 Å². The summed E-state index contributed by atoms with van der Waals surface area (Å²) in [5.41, 5.74) is 0.745. The minimum Gasteiger partial charge on any atom is -0.336 e. The van der Waals surface area contributed by atoms with E-state index in [9.17, 15) is 13.2 Å². The predicted molar refractivity (Wildman–Crippen MR) is 78.2 cm³/mol. The average molecular weight is 296 g/mol. The Hall–Kier alpha value is -1.56. The maximum atomic E-state index is 12.2. The van der Waals surface area contributed by atoms with Crippen LogP contribution >= 0.6 is 0 Å². The van der Waals surface area contributed by atoms with Gasteiger partial charge in [-0.05, 0) is 19.4 Å². The van der Waals surface area contributed by atoms with E-state index in [0.29, 0.717) is 0 Å². The SMILES string of the molecule is CC(C)NC(=O)N1CCS(=O)(=O)C(c2ccccc2)C1. The summed E-state index contributed by atoms with van der Waals surface area (Å²) in [4.78, 5) is 13.6. The fraction of sp³-hybridized carbons (Fsp3) is 0.500. The van der Waals surface area contributed by atoms with E-state index in [1.54, 1.807) is 17.0 Å². The summed E-state index contributed by atoms with van der Waals surface area (Å²) in [5.74, 6) is 0.0120. The van der Waals surface area contributed by atoms with E-state index in [1.165, 1.54) is 0 Å². The highest BCUT2D eigenvalue weighted by molar-refractivity contribution is 7.91. The van der Waals surface area contributed by atoms with Crippen LogP contribution in [0.4, 0.5) is 4.79 Å². The molecule has 0 spiro atoms. The molecule has 1 heterocycles. The second-order valence-electron chi connectivity index (χ2n) is 5.32. The summed E-state index contributed by atoms with van der Waals surface area (Å²) in [6.07, 6.45) is 0. The number of benzene rings is 1. The van der Waals surface area contributed by atoms with Crippen molar-refractivity contribution in [1.82, 2.24) is 10.2 Å². The molecule has 110 valence electrons. The van der Waals surface area contributed by atoms with Crippen molar-refractivity contribution in [3.63, 3.8) is 0 Å². The lowest BCUT2D eigenvalue weighted by Gasteiger charge is -2.33. The van der Waals surface area contributed by atoms with Crippen molar-refractivity contribution >= 4 is 15.9 Å². The third-order valence-corrected chi connectivity index (χ3v) is 5.38. The molecule has 1 aliphatic rings. The van der Waals surface area contributed by atoms with Crippen molar-refractivity contribution in [3.05, 3.63) is 35.9 Å². The first kappa shape index (κ1) is 14.8. The molecule has 2 rings (SSSR count). The quantitative estimate of drug-likeness (QED) is 0.901. The predicted octanol–water partition coefficient (Wildman–Crippen LogP) is 1.58. The Balaban J connectivity index is 2.19. The number of carbonyl (C=O) groups excluding carboxylic acids is 1. The smallest absolute Gasteiger partial charge is 0.317 e. The van der Waals surface area contributed by atoms with Crippen molar-refractivity contribution in [3.8, 4) is 0 Å². The van der Waals surface area contributed by atoms with E-state index >= 15 is 0 Å². The number of hydrogen-bond donors (Lipinski definition) is 1. The van der Waals surface area contributed by atoms with Gasteiger partial charge in [-0.2, -0.15) is 0 Å². The third kappa shape index (κ3) is 3.30. The average Bonchev–Trinajstić information content (AvgIpc) is 2.38. The number of rotatable bonds is 2. The van der Waals surface area contributed by atoms with Gasteiger partial charge in [-0.3, -0.25) is 0 Å². The summed E-state index contributed by atoms with van der Waals surface area (Å²) >= 11 is 0. The second kappa shape index (κ2) is 5.83. The Kier molecular flexibility index (Phi) is 4.32. The van der Waals surface area contributed by atoms with E-state index in [0.717, 1.165) is 5.56 Å². The van der Waals surface area contributed by atoms with Gasteiger partial charge in [-0.1, -0.05) is 30.3 Å². The zero-order chi connectivity index (χ0) is 14.8. The molecule has 1 aromatic carbocycles. The number of urea groups is 1. The molecule has 1 aromatic rings. The van der Waals surface area contributed by atoms with E-state index in [1.807, 2.05) is 32.0 Å². The van der Waals surface area contributed by atoms with Crippen molar-refractivity contribution in [2.75, 3.05) is 18.8 Å². The highest BCUT2D eigenvalue weighted by Gasteiger charge is 2.35. The molecule has 2 amide bonds. The molecule has 0 aliphatic carbocycles. The fourth-order valence-electron chi connectivity index (χ4n) is 2.29. The van der Waals surface area contributed by atoms with Gasteiger partial charge in [0.05, 0.1) is 5.75 Å². The van der Waals surface area contributed by atoms with Crippen LogP contribution < -0.4 is 5.32 Å². The topological polar surface area (TPSA) is 66.5 Å². The van der Waals surface area contributed by atoms with E-state index in [4.69, 9.17) is 0 Å². The van der Waals surface area contributed by atoms with Crippen molar-refractivity contribution in [1.29, 1.82) is 0 Å². The van der Waals surface area contributed by atoms with Crippen molar-refractivity contribution in [2.45, 2.75) is 25.1 Å². The lowest BCUT2D eigenvalue weighted by Crippen LogP contribution is -2.50. The molecular formula is C14H20N2O3S. The molecule has 1 N–H and O–H groups in total. The van der Waals surface area contributed by atoms with Crippen LogP contribution in [-0.2, 0) is 9.84 Å². The first-order valence-corrected chi connectivity index (χ1v) is 8.43. The third-order valence-electron chi connectivity index (χ3n) is 3.34. The standard InChI is InChI=1S/C14H20N2O3S/c1-11(2)15-14(17)16-8-9-20(18,19)13(10-16)12-6-4-3-5-7-12/h3-7,11,13H,8-10H2,1-2H3,(H,15,17). The van der Waals surface area contributed by atoms with Gasteiger partial charge in [0.2, 0.25) is 0 Å². The Morgan fingerprint density at radius 1 is 1.30 bits per heavy atom. The maximum Gasteiger partial charge on any atom is 0.317 e. The molecule has 1 saturated heterocycles. The molecule has 1 aliphatic heterocycles. The molecule has 1 fully saturated rings. The number of carbonyl (C=O) groups is 1. The van der Waals surface area contributed by atoms with Gasteiger partial charge in [0.25, 0.3) is 0 Å². The van der Waals surface area contributed by atoms with Gasteiger partial charge >= 0.3 is 6.03 Å². The second-order valence-corrected chi connectivity index (χ2v) is 7.62. The van der Waals surface area contributed by atoms with Crippen LogP contribution in [-0.4, -0.2) is 44.2 Å². The summed E-state index contributed by atoms with van der Waals surface area (Å²) in [6.45, 7) is 4.23. The zero-order valence-electron chi connectivity index (χ0n) is 11.7. The molecule has 6 heteroatoms. The van der Waals surface area contributed by atoms with Crippen LogP contribution in [0.5, 0.6) is 0 Å². The van der Waals surface area contributed by atoms with Gasteiger partial charge in [0.15, 0.2) is 9.84 Å². The highest BCUT2D eigenvalue weighted by Crippen LogP contribution is 2.27. The minimum atomic E-state index is -3.19. The molecule has 20 heavy (non-hydrogen) atoms. The van der Waals surface area contributed by atoms with Gasteiger partial charge in [0, 0.05) is 19.1 Å². The van der Waals surface area contributed by atoms with Crippen LogP contribution in [0.2, 0.25) is 0 Å². The summed E-state index contributed by atoms with van der Waals surface area (Å²) in [5, 5.41) is 2.17. The van der Waals surface area contributed by atoms with Gasteiger partial charge in [0.1, 0.15) is 5.25 Å². The fourth-order valence-corrected chi connectivity index (χ4v) is 4.03. The lowest BCUT2D eigenvalue weighted by atomic mass is 10.1. The first-order valence-electron chi connectivity index (χ1n) is 6.72. The first-order chi connectivity index (χ1) is 9.40. The monoisotopic (exact) mass is 296 g/mol. The zero-order valence-corrected chi connectivity index (χ0v) is 12.6. The van der Waals surface area contributed by atoms with Crippen LogP contribution in [0.3, 0.4) is 0 Å². The molecule has 0 aromatic heterocycles. The normalized spacial score (nSPS) is 21.8. The Bertz CT molecular complexity index is 569. The molecule has 5 nitrogen and oxygen atoms in total. The molecule has 1 unspecified atom stereocenters. The molecule has 0 saturated carbocycles. The molecular weight excluding hydrogens is 276 g/mol. The largest absolute Gasteiger partial charge is 0.336 e. The van der Waals surface area contributed by atoms with Gasteiger partial charge in [-0.15, -0.1) is 0 Å². The highest BCUT2D eigenvalue weighted by atomic mass is 32.2. The minimum absolute atomic E-state index is 0.0120. The molecule has 0 radical (unpaired) electrons. The summed E-state index contributed by atoms with van der Waals surface area (Å²) < 4.78 is 24.4. The number of sulfone groups is 1. The van der Waals surface area contributed by atoms with E-state index in [2.05, 4.69) is 5.32 Å². The Morgan fingerprint density at radius 3 is 2.55 bits per heavy atom. The van der Waals surface area contributed by atoms with Crippen molar-refractivity contribution < 1.29 is 13.2 Å². The number of nitrogens with one attached hydrogen (secondary N) is 1. The van der Waals surface area contributed by atoms with Crippen LogP contribution in [0, 0.1) is 0 Å². The maximum absolute atomic E-state index is 12.2. The van der Waals surface area contributed by atoms with Crippen LogP contribution in [0.25, 0.3) is 0 Å². The summed E-state index contributed by atoms with van der Waals surface area (Å²) in [7, 11) is -3.19. The number of nitrogens with zero attached hydrogens (tertiary/aromatic N) is 1. The number of hydrogen-bond acceptors (Lipinski definition) is 3.